The molecule has 8 aromatic rings. The fourth-order valence-electron chi connectivity index (χ4n) is 6.00. The molecule has 0 aliphatic carbocycles. The van der Waals surface area contributed by atoms with E-state index in [4.69, 9.17) is 0 Å². The highest BCUT2D eigenvalue weighted by Crippen LogP contribution is 2.40. The molecule has 2 aromatic heterocycles. The number of aromatic nitrogens is 2. The Morgan fingerprint density at radius 3 is 1.44 bits per heavy atom. The van der Waals surface area contributed by atoms with Crippen molar-refractivity contribution < 1.29 is 0 Å². The Morgan fingerprint density at radius 1 is 0.385 bits per heavy atom. The van der Waals surface area contributed by atoms with E-state index in [0.29, 0.717) is 0 Å². The zero-order valence-corrected chi connectivity index (χ0v) is 22.6. The van der Waals surface area contributed by atoms with Crippen molar-refractivity contribution in [2.24, 2.45) is 0 Å². The molecule has 3 heteroatoms. The Hall–Kier alpha value is -4.60. The monoisotopic (exact) mass is 562 g/mol. The first kappa shape index (κ1) is 22.4. The fourth-order valence-corrected chi connectivity index (χ4v) is 6.40. The second-order valence-corrected chi connectivity index (χ2v) is 11.0. The predicted molar refractivity (Wildman–Crippen MR) is 169 cm³/mol. The number of aromatic amines is 2. The molecule has 2 heterocycles. The number of hydrogen-bond donors (Lipinski definition) is 2. The molecule has 39 heavy (non-hydrogen) atoms. The third kappa shape index (κ3) is 3.62. The number of benzene rings is 6. The summed E-state index contributed by atoms with van der Waals surface area (Å²) in [6.45, 7) is 0. The molecule has 0 amide bonds. The molecule has 0 atom stereocenters. The zero-order chi connectivity index (χ0) is 25.9. The Morgan fingerprint density at radius 2 is 0.872 bits per heavy atom. The molecule has 0 saturated heterocycles. The molecule has 184 valence electrons. The van der Waals surface area contributed by atoms with Crippen molar-refractivity contribution in [3.63, 3.8) is 0 Å². The van der Waals surface area contributed by atoms with Gasteiger partial charge in [0, 0.05) is 48.2 Å². The van der Waals surface area contributed by atoms with Crippen molar-refractivity contribution in [3.8, 4) is 33.4 Å². The summed E-state index contributed by atoms with van der Waals surface area (Å²) in [5.74, 6) is 0. The first-order chi connectivity index (χ1) is 19.2. The summed E-state index contributed by atoms with van der Waals surface area (Å²) in [6, 6.07) is 45.8. The lowest BCUT2D eigenvalue weighted by atomic mass is 9.92. The number of para-hydroxylation sites is 4. The predicted octanol–water partition coefficient (Wildman–Crippen LogP) is 10.7. The Kier molecular flexibility index (Phi) is 5.01. The summed E-state index contributed by atoms with van der Waals surface area (Å²) in [7, 11) is 0. The van der Waals surface area contributed by atoms with Gasteiger partial charge in [0.15, 0.2) is 0 Å². The van der Waals surface area contributed by atoms with Gasteiger partial charge in [-0.2, -0.15) is 0 Å². The van der Waals surface area contributed by atoms with Crippen molar-refractivity contribution in [1.29, 1.82) is 0 Å². The highest BCUT2D eigenvalue weighted by molar-refractivity contribution is 9.10. The normalized spacial score (nSPS) is 11.7. The number of hydrogen-bond acceptors (Lipinski definition) is 0. The second-order valence-electron chi connectivity index (χ2n) is 10.1. The standard InChI is InChI=1S/C36H23BrN2/c37-26-9-5-8-22(21-26)23-18-24(27-12-6-14-31-29-10-1-3-16-33(29)38-35(27)31)20-25(19-23)28-13-7-15-32-30-11-2-4-17-34(30)39-36(28)32/h1-21,38-39H. The summed E-state index contributed by atoms with van der Waals surface area (Å²) in [5, 5.41) is 4.99. The number of fused-ring (bicyclic) bond motifs is 6. The summed E-state index contributed by atoms with van der Waals surface area (Å²) in [4.78, 5) is 7.41. The Bertz CT molecular complexity index is 2070. The average molecular weight is 563 g/mol. The van der Waals surface area contributed by atoms with Gasteiger partial charge in [-0.3, -0.25) is 0 Å². The van der Waals surface area contributed by atoms with Gasteiger partial charge in [-0.1, -0.05) is 101 Å². The molecule has 2 N–H and O–H groups in total. The topological polar surface area (TPSA) is 31.6 Å². The number of rotatable bonds is 3. The maximum Gasteiger partial charge on any atom is 0.0544 e. The maximum absolute atomic E-state index is 3.71. The van der Waals surface area contributed by atoms with Gasteiger partial charge in [0.25, 0.3) is 0 Å². The molecule has 6 aromatic carbocycles. The minimum absolute atomic E-state index is 1.07. The van der Waals surface area contributed by atoms with Crippen LogP contribution in [-0.4, -0.2) is 9.97 Å². The molecule has 0 radical (unpaired) electrons. The lowest BCUT2D eigenvalue weighted by Crippen LogP contribution is -1.88. The lowest BCUT2D eigenvalue weighted by molar-refractivity contribution is 1.52. The van der Waals surface area contributed by atoms with E-state index in [1.54, 1.807) is 0 Å². The van der Waals surface area contributed by atoms with Gasteiger partial charge < -0.3 is 9.97 Å². The van der Waals surface area contributed by atoms with Crippen LogP contribution in [0.1, 0.15) is 0 Å². The molecular formula is C36H23BrN2. The van der Waals surface area contributed by atoms with E-state index in [9.17, 15) is 0 Å². The summed E-state index contributed by atoms with van der Waals surface area (Å²) in [6.07, 6.45) is 0. The first-order valence-electron chi connectivity index (χ1n) is 13.1. The van der Waals surface area contributed by atoms with Crippen molar-refractivity contribution >= 4 is 59.5 Å². The summed E-state index contributed by atoms with van der Waals surface area (Å²) in [5.41, 5.74) is 11.8. The third-order valence-electron chi connectivity index (χ3n) is 7.80. The van der Waals surface area contributed by atoms with Crippen molar-refractivity contribution in [3.05, 3.63) is 132 Å². The van der Waals surface area contributed by atoms with E-state index in [2.05, 4.69) is 153 Å². The van der Waals surface area contributed by atoms with Gasteiger partial charge in [0.05, 0.1) is 11.0 Å². The maximum atomic E-state index is 3.71. The van der Waals surface area contributed by atoms with Gasteiger partial charge >= 0.3 is 0 Å². The van der Waals surface area contributed by atoms with Crippen LogP contribution in [0.4, 0.5) is 0 Å². The lowest BCUT2D eigenvalue weighted by Gasteiger charge is -2.13. The largest absolute Gasteiger partial charge is 0.354 e. The molecule has 2 nitrogen and oxygen atoms in total. The molecule has 0 saturated carbocycles. The smallest absolute Gasteiger partial charge is 0.0544 e. The van der Waals surface area contributed by atoms with E-state index in [0.717, 1.165) is 15.5 Å². The van der Waals surface area contributed by atoms with Crippen LogP contribution in [-0.2, 0) is 0 Å². The van der Waals surface area contributed by atoms with Crippen LogP contribution < -0.4 is 0 Å². The molecule has 0 spiro atoms. The van der Waals surface area contributed by atoms with Crippen LogP contribution in [0.5, 0.6) is 0 Å². The van der Waals surface area contributed by atoms with Gasteiger partial charge in [-0.05, 0) is 64.7 Å². The average Bonchev–Trinajstić information content (AvgIpc) is 3.55. The van der Waals surface area contributed by atoms with Gasteiger partial charge in [-0.15, -0.1) is 0 Å². The van der Waals surface area contributed by atoms with Crippen molar-refractivity contribution in [1.82, 2.24) is 9.97 Å². The molecule has 0 unspecified atom stereocenters. The zero-order valence-electron chi connectivity index (χ0n) is 21.0. The number of halogens is 1. The van der Waals surface area contributed by atoms with E-state index >= 15 is 0 Å². The molecule has 0 aliphatic heterocycles. The molecular weight excluding hydrogens is 540 g/mol. The van der Waals surface area contributed by atoms with E-state index < -0.39 is 0 Å². The van der Waals surface area contributed by atoms with E-state index in [1.807, 2.05) is 0 Å². The summed E-state index contributed by atoms with van der Waals surface area (Å²) >= 11 is 3.68. The van der Waals surface area contributed by atoms with Crippen molar-refractivity contribution in [2.45, 2.75) is 0 Å². The SMILES string of the molecule is Brc1cccc(-c2cc(-c3cccc4c3[nH]c3ccccc34)cc(-c3cccc4c3[nH]c3ccccc34)c2)c1. The highest BCUT2D eigenvalue weighted by Gasteiger charge is 2.15. The van der Waals surface area contributed by atoms with Crippen molar-refractivity contribution in [2.75, 3.05) is 0 Å². The van der Waals surface area contributed by atoms with Crippen LogP contribution >= 0.6 is 15.9 Å². The van der Waals surface area contributed by atoms with Crippen LogP contribution in [0.25, 0.3) is 77.0 Å². The minimum Gasteiger partial charge on any atom is -0.354 e. The highest BCUT2D eigenvalue weighted by atomic mass is 79.9. The molecule has 0 fully saturated rings. The van der Waals surface area contributed by atoms with Gasteiger partial charge in [0.1, 0.15) is 0 Å². The molecule has 8 rings (SSSR count). The van der Waals surface area contributed by atoms with E-state index in [-0.39, 0.29) is 0 Å². The number of H-pyrrole nitrogens is 2. The third-order valence-corrected chi connectivity index (χ3v) is 8.29. The molecule has 0 aliphatic rings. The number of nitrogens with one attached hydrogen (secondary N) is 2. The fraction of sp³-hybridized carbons (Fsp3) is 0. The minimum atomic E-state index is 1.07. The Balaban J connectivity index is 1.43. The Labute approximate surface area is 234 Å². The van der Waals surface area contributed by atoms with Crippen LogP contribution in [0.3, 0.4) is 0 Å². The first-order valence-corrected chi connectivity index (χ1v) is 13.9. The quantitative estimate of drug-likeness (QED) is 0.214. The second kappa shape index (κ2) is 8.72. The van der Waals surface area contributed by atoms with Crippen LogP contribution in [0.15, 0.2) is 132 Å². The van der Waals surface area contributed by atoms with Gasteiger partial charge in [-0.25, -0.2) is 0 Å². The van der Waals surface area contributed by atoms with Crippen LogP contribution in [0, 0.1) is 0 Å². The van der Waals surface area contributed by atoms with Gasteiger partial charge in [0.2, 0.25) is 0 Å². The molecule has 0 bridgehead atoms. The van der Waals surface area contributed by atoms with Crippen LogP contribution in [0.2, 0.25) is 0 Å². The van der Waals surface area contributed by atoms with E-state index in [1.165, 1.54) is 66.0 Å². The summed E-state index contributed by atoms with van der Waals surface area (Å²) < 4.78 is 1.07.